The van der Waals surface area contributed by atoms with Crippen LogP contribution in [0.3, 0.4) is 0 Å². The van der Waals surface area contributed by atoms with E-state index < -0.39 is 83.8 Å². The van der Waals surface area contributed by atoms with Crippen LogP contribution in [0.25, 0.3) is 0 Å². The molecule has 2 aliphatic rings. The molecule has 1 aromatic carbocycles. The van der Waals surface area contributed by atoms with Crippen molar-refractivity contribution in [1.29, 1.82) is 0 Å². The molecule has 2 aromatic rings. The molecule has 18 nitrogen and oxygen atoms in total. The van der Waals surface area contributed by atoms with Crippen molar-refractivity contribution >= 4 is 69.5 Å². The fourth-order valence-corrected chi connectivity index (χ4v) is 5.72. The third-order valence-corrected chi connectivity index (χ3v) is 7.88. The first-order valence-electron chi connectivity index (χ1n) is 12.3. The number of hydrazine groups is 1. The number of nitrogen functional groups attached to an aromatic ring is 1. The van der Waals surface area contributed by atoms with Gasteiger partial charge < -0.3 is 36.4 Å². The predicted octanol–water partition coefficient (Wildman–Crippen LogP) is -1.44. The van der Waals surface area contributed by atoms with E-state index >= 15 is 0 Å². The van der Waals surface area contributed by atoms with Gasteiger partial charge in [0.1, 0.15) is 30.5 Å². The molecule has 1 saturated heterocycles. The summed E-state index contributed by atoms with van der Waals surface area (Å²) in [5.41, 5.74) is 12.1. The number of hydrogen-bond acceptors (Lipinski definition) is 15. The summed E-state index contributed by atoms with van der Waals surface area (Å²) < 4.78 is 5.17. The Morgan fingerprint density at radius 2 is 1.95 bits per heavy atom. The molecule has 3 heterocycles. The first kappa shape index (κ1) is 31.6. The number of esters is 1. The third kappa shape index (κ3) is 6.98. The van der Waals surface area contributed by atoms with Crippen LogP contribution in [0, 0.1) is 5.92 Å². The maximum Gasteiger partial charge on any atom is 0.352 e. The largest absolute Gasteiger partial charge is 0.504 e. The van der Waals surface area contributed by atoms with Crippen molar-refractivity contribution in [3.05, 3.63) is 46.6 Å². The summed E-state index contributed by atoms with van der Waals surface area (Å²) in [6.07, 6.45) is 1.40. The van der Waals surface area contributed by atoms with Gasteiger partial charge in [-0.1, -0.05) is 5.16 Å². The van der Waals surface area contributed by atoms with Gasteiger partial charge in [-0.2, -0.15) is 0 Å². The zero-order valence-electron chi connectivity index (χ0n) is 22.2. The van der Waals surface area contributed by atoms with E-state index in [4.69, 9.17) is 21.0 Å². The minimum atomic E-state index is -1.27. The number of benzene rings is 1. The van der Waals surface area contributed by atoms with Gasteiger partial charge in [-0.25, -0.2) is 14.8 Å². The molecule has 232 valence electrons. The van der Waals surface area contributed by atoms with Crippen molar-refractivity contribution in [3.63, 3.8) is 0 Å². The lowest BCUT2D eigenvalue weighted by Gasteiger charge is -2.47. The number of carbonyl (C=O) groups excluding carboxylic acids is 5. The highest BCUT2D eigenvalue weighted by molar-refractivity contribution is 8.00. The summed E-state index contributed by atoms with van der Waals surface area (Å²) in [5.74, 6) is -7.65. The molecular formula is C24H23N7O11S2. The minimum Gasteiger partial charge on any atom is -0.504 e. The Kier molecular flexibility index (Phi) is 9.54. The molecule has 0 radical (unpaired) electrons. The van der Waals surface area contributed by atoms with Crippen molar-refractivity contribution < 1.29 is 53.7 Å². The fourth-order valence-electron chi connectivity index (χ4n) is 3.92. The lowest BCUT2D eigenvalue weighted by atomic mass is 9.97. The van der Waals surface area contributed by atoms with E-state index in [1.165, 1.54) is 23.2 Å². The smallest absolute Gasteiger partial charge is 0.352 e. The molecule has 0 saturated carbocycles. The highest BCUT2D eigenvalue weighted by Crippen LogP contribution is 2.41. The first-order valence-corrected chi connectivity index (χ1v) is 14.2. The molecule has 0 spiro atoms. The number of amides is 4. The Balaban J connectivity index is 1.41. The Morgan fingerprint density at radius 1 is 1.20 bits per heavy atom. The number of β-lactam (4-membered cyclic amide) rings is 1. The third-order valence-electron chi connectivity index (χ3n) is 5.96. The molecule has 2 atom stereocenters. The molecule has 0 aliphatic carbocycles. The normalized spacial score (nSPS) is 17.5. The van der Waals surface area contributed by atoms with Gasteiger partial charge in [0.05, 0.1) is 5.37 Å². The Labute approximate surface area is 254 Å². The first-order chi connectivity index (χ1) is 20.9. The number of nitrogens with one attached hydrogen (secondary N) is 1. The number of rotatable bonds is 11. The molecule has 1 aromatic heterocycles. The molecule has 44 heavy (non-hydrogen) atoms. The van der Waals surface area contributed by atoms with Gasteiger partial charge in [-0.3, -0.25) is 34.3 Å². The molecule has 4 amide bonds. The number of oxime groups is 1. The number of anilines is 1. The number of aliphatic carboxylic acids is 1. The highest BCUT2D eigenvalue weighted by Gasteiger charge is 2.52. The van der Waals surface area contributed by atoms with Gasteiger partial charge in [0.25, 0.3) is 17.7 Å². The number of carboxylic acids is 1. The van der Waals surface area contributed by atoms with Crippen LogP contribution in [0.2, 0.25) is 0 Å². The van der Waals surface area contributed by atoms with E-state index in [2.05, 4.69) is 15.6 Å². The van der Waals surface area contributed by atoms with Crippen LogP contribution in [0.15, 0.2) is 40.5 Å². The maximum atomic E-state index is 13.1. The number of aromatic hydroxyl groups is 2. The summed E-state index contributed by atoms with van der Waals surface area (Å²) in [7, 11) is 0. The number of thioether (sulfide) groups is 1. The summed E-state index contributed by atoms with van der Waals surface area (Å²) in [6, 6.07) is 3.00. The predicted molar refractivity (Wildman–Crippen MR) is 150 cm³/mol. The lowest BCUT2D eigenvalue weighted by Crippen LogP contribution is -2.62. The van der Waals surface area contributed by atoms with Crippen LogP contribution in [-0.4, -0.2) is 102 Å². The number of nitrogens with two attached hydrogens (primary N) is 2. The zero-order chi connectivity index (χ0) is 32.1. The van der Waals surface area contributed by atoms with Gasteiger partial charge in [0.15, 0.2) is 28.9 Å². The molecule has 1 unspecified atom stereocenters. The van der Waals surface area contributed by atoms with Gasteiger partial charge in [0, 0.05) is 16.7 Å². The van der Waals surface area contributed by atoms with Crippen LogP contribution >= 0.6 is 23.1 Å². The van der Waals surface area contributed by atoms with Crippen LogP contribution < -0.4 is 16.9 Å². The van der Waals surface area contributed by atoms with Gasteiger partial charge in [-0.05, 0) is 24.3 Å². The Morgan fingerprint density at radius 3 is 2.59 bits per heavy atom. The number of phenolic OH excluding ortho intramolecular Hbond substituents is 2. The SMILES string of the molecule is NC(=O)C(=NOCC(=O)NN(CC(=O)OCC1C(=O)N2C(C(=O)O)=CCS[C@@H]12)C(=O)c1ccc(O)c(O)c1)c1csc(N)n1. The lowest BCUT2D eigenvalue weighted by molar-refractivity contribution is -0.160. The Hall–Kier alpha value is -5.37. The number of thiazole rings is 1. The monoisotopic (exact) mass is 649 g/mol. The molecule has 2 aliphatic heterocycles. The minimum absolute atomic E-state index is 0.00185. The van der Waals surface area contributed by atoms with Crippen molar-refractivity contribution in [3.8, 4) is 11.5 Å². The van der Waals surface area contributed by atoms with Gasteiger partial charge in [0.2, 0.25) is 5.91 Å². The molecule has 20 heteroatoms. The van der Waals surface area contributed by atoms with Crippen molar-refractivity contribution in [1.82, 2.24) is 20.3 Å². The highest BCUT2D eigenvalue weighted by atomic mass is 32.2. The number of aromatic nitrogens is 1. The van der Waals surface area contributed by atoms with Gasteiger partial charge in [-0.15, -0.1) is 23.1 Å². The van der Waals surface area contributed by atoms with Gasteiger partial charge >= 0.3 is 11.9 Å². The topological polar surface area (TPSA) is 277 Å². The van der Waals surface area contributed by atoms with E-state index in [0.717, 1.165) is 34.4 Å². The number of fused-ring (bicyclic) bond motifs is 1. The number of carboxylic acid groups (broad SMARTS) is 1. The molecule has 0 bridgehead atoms. The average molecular weight is 650 g/mol. The van der Waals surface area contributed by atoms with E-state index in [1.807, 2.05) is 0 Å². The second-order valence-electron chi connectivity index (χ2n) is 8.89. The summed E-state index contributed by atoms with van der Waals surface area (Å²) >= 11 is 2.28. The number of carbonyl (C=O) groups is 6. The van der Waals surface area contributed by atoms with E-state index in [0.29, 0.717) is 10.8 Å². The molecule has 4 rings (SSSR count). The second kappa shape index (κ2) is 13.3. The van der Waals surface area contributed by atoms with Crippen molar-refractivity contribution in [2.24, 2.45) is 16.8 Å². The quantitative estimate of drug-likeness (QED) is 0.0535. The second-order valence-corrected chi connectivity index (χ2v) is 10.9. The van der Waals surface area contributed by atoms with E-state index in [1.54, 1.807) is 0 Å². The van der Waals surface area contributed by atoms with E-state index in [-0.39, 0.29) is 22.1 Å². The maximum absolute atomic E-state index is 13.1. The van der Waals surface area contributed by atoms with Crippen LogP contribution in [-0.2, 0) is 33.5 Å². The Bertz CT molecular complexity index is 1590. The standard InChI is InChI=1S/C24H23N7O11S2/c25-19(36)18(12-9-44-24(26)27-12)29-42-8-16(34)28-30(20(37)10-1-2-14(32)15(33)5-10)6-17(35)41-7-11-21(38)31-13(23(39)40)3-4-43-22(11)31/h1-3,5,9,11,22,32-33H,4,6-8H2,(H2,25,36)(H2,26,27)(H,28,34)(H,39,40)/t11?,22-/m0/s1. The molecule has 8 N–H and O–H groups in total. The van der Waals surface area contributed by atoms with Crippen LogP contribution in [0.1, 0.15) is 16.1 Å². The zero-order valence-corrected chi connectivity index (χ0v) is 23.9. The summed E-state index contributed by atoms with van der Waals surface area (Å²) in [5, 5.41) is 33.6. The fraction of sp³-hybridized carbons (Fsp3) is 0.250. The number of ether oxygens (including phenoxy) is 1. The number of phenols is 2. The molecule has 1 fully saturated rings. The number of nitrogens with zero attached hydrogens (tertiary/aromatic N) is 4. The number of primary amides is 1. The van der Waals surface area contributed by atoms with Crippen LogP contribution in [0.4, 0.5) is 5.13 Å². The average Bonchev–Trinajstić information content (AvgIpc) is 3.40. The summed E-state index contributed by atoms with van der Waals surface area (Å²) in [6.45, 7) is -2.19. The van der Waals surface area contributed by atoms with Crippen LogP contribution in [0.5, 0.6) is 11.5 Å². The van der Waals surface area contributed by atoms with Crippen molar-refractivity contribution in [2.75, 3.05) is 31.2 Å². The summed E-state index contributed by atoms with van der Waals surface area (Å²) in [4.78, 5) is 83.8. The van der Waals surface area contributed by atoms with E-state index in [9.17, 15) is 44.1 Å². The molecular weight excluding hydrogens is 626 g/mol. The van der Waals surface area contributed by atoms with Crippen molar-refractivity contribution in [2.45, 2.75) is 5.37 Å². The number of hydrogen-bond donors (Lipinski definition) is 6.